The van der Waals surface area contributed by atoms with Crippen molar-refractivity contribution in [2.45, 2.75) is 19.9 Å². The number of hydrogen-bond donors (Lipinski definition) is 2. The second-order valence-electron chi connectivity index (χ2n) is 5.02. The lowest BCUT2D eigenvalue weighted by Crippen LogP contribution is -2.23. The fourth-order valence-corrected chi connectivity index (χ4v) is 2.51. The molecule has 1 saturated heterocycles. The highest BCUT2D eigenvalue weighted by Gasteiger charge is 2.13. The molecule has 4 nitrogen and oxygen atoms in total. The number of oxazole rings is 1. The zero-order chi connectivity index (χ0) is 12.4. The number of hydrogen-bond acceptors (Lipinski definition) is 4. The predicted molar refractivity (Wildman–Crippen MR) is 71.4 cm³/mol. The molecule has 0 radical (unpaired) electrons. The lowest BCUT2D eigenvalue weighted by molar-refractivity contribution is 0.513. The third-order valence-electron chi connectivity index (χ3n) is 3.48. The molecule has 96 valence electrons. The number of fused-ring (bicyclic) bond motifs is 1. The van der Waals surface area contributed by atoms with Crippen molar-refractivity contribution >= 4 is 11.1 Å². The molecule has 1 aromatic heterocycles. The van der Waals surface area contributed by atoms with Crippen LogP contribution in [0.2, 0.25) is 0 Å². The van der Waals surface area contributed by atoms with Gasteiger partial charge in [0.1, 0.15) is 5.52 Å². The van der Waals surface area contributed by atoms with Gasteiger partial charge < -0.3 is 15.1 Å². The second kappa shape index (κ2) is 5.08. The van der Waals surface area contributed by atoms with Gasteiger partial charge in [0.2, 0.25) is 0 Å². The number of nitrogens with zero attached hydrogens (tertiary/aromatic N) is 1. The fourth-order valence-electron chi connectivity index (χ4n) is 2.51. The van der Waals surface area contributed by atoms with Crippen LogP contribution in [0.4, 0.5) is 0 Å². The van der Waals surface area contributed by atoms with Crippen LogP contribution < -0.4 is 10.6 Å². The molecular weight excluding hydrogens is 226 g/mol. The van der Waals surface area contributed by atoms with Crippen LogP contribution in [0.5, 0.6) is 0 Å². The highest BCUT2D eigenvalue weighted by molar-refractivity contribution is 5.73. The minimum atomic E-state index is 0.729. The van der Waals surface area contributed by atoms with Gasteiger partial charge in [-0.05, 0) is 49.7 Å². The molecule has 1 fully saturated rings. The summed E-state index contributed by atoms with van der Waals surface area (Å²) >= 11 is 0. The standard InChI is InChI=1S/C14H19N3O/c1-10-17-13-6-11(2-3-14(13)18-10)7-16-9-12-4-5-15-8-12/h2-3,6,12,15-16H,4-5,7-9H2,1H3. The largest absolute Gasteiger partial charge is 0.441 e. The summed E-state index contributed by atoms with van der Waals surface area (Å²) in [5.41, 5.74) is 3.09. The highest BCUT2D eigenvalue weighted by Crippen LogP contribution is 2.16. The Labute approximate surface area is 107 Å². The molecule has 1 aliphatic rings. The average molecular weight is 245 g/mol. The minimum Gasteiger partial charge on any atom is -0.441 e. The van der Waals surface area contributed by atoms with Gasteiger partial charge in [0.05, 0.1) is 0 Å². The first-order chi connectivity index (χ1) is 8.81. The van der Waals surface area contributed by atoms with Crippen LogP contribution in [0.1, 0.15) is 17.9 Å². The van der Waals surface area contributed by atoms with Crippen molar-refractivity contribution in [1.29, 1.82) is 0 Å². The zero-order valence-corrected chi connectivity index (χ0v) is 10.7. The van der Waals surface area contributed by atoms with Gasteiger partial charge in [-0.25, -0.2) is 4.98 Å². The Morgan fingerprint density at radius 1 is 1.50 bits per heavy atom. The van der Waals surface area contributed by atoms with E-state index >= 15 is 0 Å². The van der Waals surface area contributed by atoms with E-state index in [1.54, 1.807) is 0 Å². The molecular formula is C14H19N3O. The van der Waals surface area contributed by atoms with Gasteiger partial charge in [-0.1, -0.05) is 6.07 Å². The Balaban J connectivity index is 1.59. The van der Waals surface area contributed by atoms with Crippen molar-refractivity contribution in [3.8, 4) is 0 Å². The molecule has 1 aliphatic heterocycles. The molecule has 1 atom stereocenters. The zero-order valence-electron chi connectivity index (χ0n) is 10.7. The van der Waals surface area contributed by atoms with Crippen LogP contribution in [0.3, 0.4) is 0 Å². The number of aryl methyl sites for hydroxylation is 1. The van der Waals surface area contributed by atoms with E-state index in [4.69, 9.17) is 4.42 Å². The van der Waals surface area contributed by atoms with E-state index in [9.17, 15) is 0 Å². The minimum absolute atomic E-state index is 0.729. The Morgan fingerprint density at radius 3 is 3.28 bits per heavy atom. The first kappa shape index (κ1) is 11.7. The summed E-state index contributed by atoms with van der Waals surface area (Å²) in [7, 11) is 0. The summed E-state index contributed by atoms with van der Waals surface area (Å²) in [5, 5.41) is 6.90. The van der Waals surface area contributed by atoms with E-state index < -0.39 is 0 Å². The van der Waals surface area contributed by atoms with Gasteiger partial charge >= 0.3 is 0 Å². The van der Waals surface area contributed by atoms with Crippen molar-refractivity contribution in [3.05, 3.63) is 29.7 Å². The number of nitrogens with one attached hydrogen (secondary N) is 2. The molecule has 0 amide bonds. The van der Waals surface area contributed by atoms with E-state index in [2.05, 4.69) is 27.8 Å². The summed E-state index contributed by atoms with van der Waals surface area (Å²) in [6, 6.07) is 6.21. The predicted octanol–water partition coefficient (Wildman–Crippen LogP) is 1.84. The van der Waals surface area contributed by atoms with Crippen molar-refractivity contribution in [1.82, 2.24) is 15.6 Å². The van der Waals surface area contributed by atoms with Crippen LogP contribution in [0.15, 0.2) is 22.6 Å². The Morgan fingerprint density at radius 2 is 2.44 bits per heavy atom. The number of aromatic nitrogens is 1. The van der Waals surface area contributed by atoms with Crippen LogP contribution in [-0.2, 0) is 6.54 Å². The number of benzene rings is 1. The molecule has 0 spiro atoms. The summed E-state index contributed by atoms with van der Waals surface area (Å²) in [4.78, 5) is 4.35. The maximum absolute atomic E-state index is 5.47. The first-order valence-corrected chi connectivity index (χ1v) is 6.59. The first-order valence-electron chi connectivity index (χ1n) is 6.59. The lowest BCUT2D eigenvalue weighted by atomic mass is 10.1. The summed E-state index contributed by atoms with van der Waals surface area (Å²) < 4.78 is 5.47. The molecule has 1 aromatic carbocycles. The highest BCUT2D eigenvalue weighted by atomic mass is 16.3. The van der Waals surface area contributed by atoms with E-state index in [0.717, 1.165) is 49.1 Å². The SMILES string of the molecule is Cc1nc2cc(CNCC3CCNC3)ccc2o1. The smallest absolute Gasteiger partial charge is 0.192 e. The van der Waals surface area contributed by atoms with E-state index in [1.807, 2.05) is 13.0 Å². The third-order valence-corrected chi connectivity index (χ3v) is 3.48. The van der Waals surface area contributed by atoms with Gasteiger partial charge in [0.25, 0.3) is 0 Å². The molecule has 2 heterocycles. The van der Waals surface area contributed by atoms with Crippen LogP contribution in [0.25, 0.3) is 11.1 Å². The third kappa shape index (κ3) is 2.54. The Kier molecular flexibility index (Phi) is 3.30. The van der Waals surface area contributed by atoms with Crippen LogP contribution in [0, 0.1) is 12.8 Å². The van der Waals surface area contributed by atoms with Crippen LogP contribution in [-0.4, -0.2) is 24.6 Å². The monoisotopic (exact) mass is 245 g/mol. The Hall–Kier alpha value is -1.39. The molecule has 18 heavy (non-hydrogen) atoms. The maximum atomic E-state index is 5.47. The topological polar surface area (TPSA) is 50.1 Å². The molecule has 0 bridgehead atoms. The van der Waals surface area contributed by atoms with Gasteiger partial charge in [-0.15, -0.1) is 0 Å². The molecule has 0 aliphatic carbocycles. The van der Waals surface area contributed by atoms with E-state index in [0.29, 0.717) is 0 Å². The van der Waals surface area contributed by atoms with E-state index in [-0.39, 0.29) is 0 Å². The summed E-state index contributed by atoms with van der Waals surface area (Å²) in [6.45, 7) is 6.18. The van der Waals surface area contributed by atoms with Crippen molar-refractivity contribution < 1.29 is 4.42 Å². The molecule has 2 N–H and O–H groups in total. The van der Waals surface area contributed by atoms with Crippen molar-refractivity contribution in [2.75, 3.05) is 19.6 Å². The summed E-state index contributed by atoms with van der Waals surface area (Å²) in [6.07, 6.45) is 1.29. The van der Waals surface area contributed by atoms with Gasteiger partial charge in [-0.3, -0.25) is 0 Å². The fraction of sp³-hybridized carbons (Fsp3) is 0.500. The van der Waals surface area contributed by atoms with Gasteiger partial charge in [0.15, 0.2) is 11.5 Å². The maximum Gasteiger partial charge on any atom is 0.192 e. The quantitative estimate of drug-likeness (QED) is 0.863. The molecule has 0 saturated carbocycles. The normalized spacial score (nSPS) is 19.7. The van der Waals surface area contributed by atoms with Gasteiger partial charge in [-0.2, -0.15) is 0 Å². The molecule has 1 unspecified atom stereocenters. The lowest BCUT2D eigenvalue weighted by Gasteiger charge is -2.09. The second-order valence-corrected chi connectivity index (χ2v) is 5.02. The molecule has 4 heteroatoms. The average Bonchev–Trinajstić information content (AvgIpc) is 2.96. The Bertz CT molecular complexity index is 529. The molecule has 2 aromatic rings. The van der Waals surface area contributed by atoms with Crippen molar-refractivity contribution in [2.24, 2.45) is 5.92 Å². The molecule has 3 rings (SSSR count). The summed E-state index contributed by atoms with van der Waals surface area (Å²) in [5.74, 6) is 1.51. The van der Waals surface area contributed by atoms with Crippen molar-refractivity contribution in [3.63, 3.8) is 0 Å². The van der Waals surface area contributed by atoms with Crippen LogP contribution >= 0.6 is 0 Å². The van der Waals surface area contributed by atoms with E-state index in [1.165, 1.54) is 12.0 Å². The number of rotatable bonds is 4. The van der Waals surface area contributed by atoms with Gasteiger partial charge in [0, 0.05) is 13.5 Å².